The minimum atomic E-state index is -3.69. The lowest BCUT2D eigenvalue weighted by atomic mass is 10.3. The van der Waals surface area contributed by atoms with Crippen molar-refractivity contribution in [3.63, 3.8) is 0 Å². The molecular formula is C12H18Cl2N2O2S. The Morgan fingerprint density at radius 2 is 1.53 bits per heavy atom. The highest BCUT2D eigenvalue weighted by molar-refractivity contribution is 7.89. The second kappa shape index (κ2) is 6.79. The van der Waals surface area contributed by atoms with Crippen LogP contribution < -0.4 is 5.73 Å². The van der Waals surface area contributed by atoms with Gasteiger partial charge < -0.3 is 5.73 Å². The summed E-state index contributed by atoms with van der Waals surface area (Å²) < 4.78 is 26.6. The monoisotopic (exact) mass is 324 g/mol. The van der Waals surface area contributed by atoms with Crippen molar-refractivity contribution in [1.82, 2.24) is 4.31 Å². The van der Waals surface area contributed by atoms with Gasteiger partial charge in [0.05, 0.1) is 10.0 Å². The van der Waals surface area contributed by atoms with Crippen molar-refractivity contribution in [2.75, 3.05) is 18.8 Å². The molecule has 1 aromatic rings. The van der Waals surface area contributed by atoms with E-state index in [4.69, 9.17) is 28.9 Å². The smallest absolute Gasteiger partial charge is 0.246 e. The third kappa shape index (κ3) is 3.75. The maximum Gasteiger partial charge on any atom is 0.246 e. The average Bonchev–Trinajstić information content (AvgIpc) is 2.26. The van der Waals surface area contributed by atoms with Crippen LogP contribution in [0.4, 0.5) is 5.69 Å². The van der Waals surface area contributed by atoms with Gasteiger partial charge in [0.15, 0.2) is 0 Å². The second-order valence-electron chi connectivity index (χ2n) is 4.22. The van der Waals surface area contributed by atoms with Crippen LogP contribution in [0.15, 0.2) is 17.0 Å². The third-order valence-corrected chi connectivity index (χ3v) is 5.39. The zero-order valence-corrected chi connectivity index (χ0v) is 13.3. The Hall–Kier alpha value is -0.490. The molecule has 0 aromatic heterocycles. The van der Waals surface area contributed by atoms with Crippen molar-refractivity contribution in [3.8, 4) is 0 Å². The van der Waals surface area contributed by atoms with E-state index in [2.05, 4.69) is 0 Å². The zero-order valence-electron chi connectivity index (χ0n) is 11.0. The van der Waals surface area contributed by atoms with Crippen molar-refractivity contribution in [1.29, 1.82) is 0 Å². The molecule has 108 valence electrons. The highest BCUT2D eigenvalue weighted by Gasteiger charge is 2.28. The molecule has 1 aromatic carbocycles. The van der Waals surface area contributed by atoms with Crippen molar-refractivity contribution in [2.24, 2.45) is 0 Å². The van der Waals surface area contributed by atoms with Crippen molar-refractivity contribution in [2.45, 2.75) is 31.6 Å². The molecule has 0 saturated carbocycles. The maximum atomic E-state index is 12.6. The molecule has 0 atom stereocenters. The molecule has 4 nitrogen and oxygen atoms in total. The number of nitrogen functional groups attached to an aromatic ring is 1. The first-order valence-corrected chi connectivity index (χ1v) is 8.28. The van der Waals surface area contributed by atoms with Gasteiger partial charge in [0.25, 0.3) is 0 Å². The Morgan fingerprint density at radius 3 is 1.89 bits per heavy atom. The molecule has 0 aliphatic rings. The summed E-state index contributed by atoms with van der Waals surface area (Å²) in [5, 5.41) is 0.115. The lowest BCUT2D eigenvalue weighted by molar-refractivity contribution is 0.410. The zero-order chi connectivity index (χ0) is 14.6. The summed E-state index contributed by atoms with van der Waals surface area (Å²) in [6.45, 7) is 4.72. The number of hydrogen-bond acceptors (Lipinski definition) is 3. The first-order valence-electron chi connectivity index (χ1n) is 6.09. The summed E-state index contributed by atoms with van der Waals surface area (Å²) in [6, 6.07) is 2.80. The van der Waals surface area contributed by atoms with Gasteiger partial charge in [-0.1, -0.05) is 37.0 Å². The summed E-state index contributed by atoms with van der Waals surface area (Å²) in [4.78, 5) is -0.0630. The Kier molecular flexibility index (Phi) is 5.92. The Labute approximate surface area is 124 Å². The standard InChI is InChI=1S/C12H18Cl2N2O2S/c1-3-5-16(6-4-2)19(17,18)12-10(13)7-9(15)8-11(12)14/h7-8H,3-6,15H2,1-2H3. The fourth-order valence-electron chi connectivity index (χ4n) is 1.81. The van der Waals surface area contributed by atoms with E-state index in [0.29, 0.717) is 18.8 Å². The van der Waals surface area contributed by atoms with Crippen LogP contribution >= 0.6 is 23.2 Å². The third-order valence-electron chi connectivity index (χ3n) is 2.56. The van der Waals surface area contributed by atoms with Crippen molar-refractivity contribution < 1.29 is 8.42 Å². The molecule has 7 heteroatoms. The first kappa shape index (κ1) is 16.6. The number of nitrogens with two attached hydrogens (primary N) is 1. The summed E-state index contributed by atoms with van der Waals surface area (Å²) in [5.74, 6) is 0. The minimum Gasteiger partial charge on any atom is -0.399 e. The predicted octanol–water partition coefficient (Wildman–Crippen LogP) is 3.39. The quantitative estimate of drug-likeness (QED) is 0.816. The van der Waals surface area contributed by atoms with Crippen LogP contribution in [0.5, 0.6) is 0 Å². The molecule has 0 radical (unpaired) electrons. The molecule has 0 aliphatic carbocycles. The van der Waals surface area contributed by atoms with Crippen LogP contribution in [-0.2, 0) is 10.0 Å². The molecule has 0 spiro atoms. The fourth-order valence-corrected chi connectivity index (χ4v) is 4.61. The number of sulfonamides is 1. The fraction of sp³-hybridized carbons (Fsp3) is 0.500. The lowest BCUT2D eigenvalue weighted by Gasteiger charge is -2.22. The lowest BCUT2D eigenvalue weighted by Crippen LogP contribution is -2.33. The van der Waals surface area contributed by atoms with E-state index < -0.39 is 10.0 Å². The van der Waals surface area contributed by atoms with E-state index in [1.807, 2.05) is 13.8 Å². The normalized spacial score (nSPS) is 12.1. The van der Waals surface area contributed by atoms with E-state index in [-0.39, 0.29) is 14.9 Å². The molecular weight excluding hydrogens is 307 g/mol. The molecule has 0 bridgehead atoms. The summed E-state index contributed by atoms with van der Waals surface area (Å²) in [7, 11) is -3.69. The van der Waals surface area contributed by atoms with Gasteiger partial charge in [-0.05, 0) is 25.0 Å². The number of halogens is 2. The molecule has 0 aliphatic heterocycles. The van der Waals surface area contributed by atoms with Crippen LogP contribution in [0.25, 0.3) is 0 Å². The molecule has 0 heterocycles. The molecule has 0 saturated heterocycles. The van der Waals surface area contributed by atoms with E-state index >= 15 is 0 Å². The molecule has 1 rings (SSSR count). The molecule has 2 N–H and O–H groups in total. The van der Waals surface area contributed by atoms with Crippen LogP contribution in [0, 0.1) is 0 Å². The number of anilines is 1. The number of hydrogen-bond donors (Lipinski definition) is 1. The molecule has 0 unspecified atom stereocenters. The van der Waals surface area contributed by atoms with Gasteiger partial charge in [0.1, 0.15) is 4.90 Å². The SMILES string of the molecule is CCCN(CCC)S(=O)(=O)c1c(Cl)cc(N)cc1Cl. The van der Waals surface area contributed by atoms with E-state index in [0.717, 1.165) is 12.8 Å². The summed E-state index contributed by atoms with van der Waals surface area (Å²) >= 11 is 12.0. The first-order chi connectivity index (χ1) is 8.84. The van der Waals surface area contributed by atoms with Crippen molar-refractivity contribution in [3.05, 3.63) is 22.2 Å². The predicted molar refractivity (Wildman–Crippen MR) is 80.2 cm³/mol. The van der Waals surface area contributed by atoms with Crippen LogP contribution in [0.1, 0.15) is 26.7 Å². The van der Waals surface area contributed by atoms with Gasteiger partial charge >= 0.3 is 0 Å². The molecule has 0 amide bonds. The van der Waals surface area contributed by atoms with Crippen LogP contribution in [-0.4, -0.2) is 25.8 Å². The van der Waals surface area contributed by atoms with Gasteiger partial charge in [-0.15, -0.1) is 0 Å². The van der Waals surface area contributed by atoms with Gasteiger partial charge in [-0.25, -0.2) is 8.42 Å². The van der Waals surface area contributed by atoms with Gasteiger partial charge in [-0.3, -0.25) is 0 Å². The second-order valence-corrected chi connectivity index (χ2v) is 6.91. The Balaban J connectivity index is 3.33. The van der Waals surface area contributed by atoms with E-state index in [1.165, 1.54) is 16.4 Å². The van der Waals surface area contributed by atoms with Crippen molar-refractivity contribution >= 4 is 38.9 Å². The summed E-state index contributed by atoms with van der Waals surface area (Å²) in [6.07, 6.45) is 1.45. The largest absolute Gasteiger partial charge is 0.399 e. The van der Waals surface area contributed by atoms with E-state index in [9.17, 15) is 8.42 Å². The van der Waals surface area contributed by atoms with Crippen LogP contribution in [0.3, 0.4) is 0 Å². The van der Waals surface area contributed by atoms with Gasteiger partial charge in [-0.2, -0.15) is 4.31 Å². The van der Waals surface area contributed by atoms with Gasteiger partial charge in [0.2, 0.25) is 10.0 Å². The maximum absolute atomic E-state index is 12.6. The highest BCUT2D eigenvalue weighted by atomic mass is 35.5. The number of nitrogens with zero attached hydrogens (tertiary/aromatic N) is 1. The summed E-state index contributed by atoms with van der Waals surface area (Å²) in [5.41, 5.74) is 5.93. The van der Waals surface area contributed by atoms with Crippen LogP contribution in [0.2, 0.25) is 10.0 Å². The van der Waals surface area contributed by atoms with E-state index in [1.54, 1.807) is 0 Å². The average molecular weight is 325 g/mol. The number of benzene rings is 1. The molecule has 0 fully saturated rings. The highest BCUT2D eigenvalue weighted by Crippen LogP contribution is 2.34. The minimum absolute atomic E-state index is 0.0576. The number of rotatable bonds is 6. The topological polar surface area (TPSA) is 63.4 Å². The Morgan fingerprint density at radius 1 is 1.11 bits per heavy atom. The van der Waals surface area contributed by atoms with Gasteiger partial charge in [0, 0.05) is 18.8 Å². The Bertz CT molecular complexity index is 518. The molecule has 19 heavy (non-hydrogen) atoms.